The maximum absolute atomic E-state index is 13.1. The molecule has 1 atom stereocenters. The number of carbonyl (C=O) groups excluding carboxylic acids is 2. The number of benzene rings is 2. The number of carbonyl (C=O) groups is 2. The van der Waals surface area contributed by atoms with E-state index >= 15 is 0 Å². The molecule has 0 fully saturated rings. The largest absolute Gasteiger partial charge is 0.444 e. The number of hydrogen-bond donors (Lipinski definition) is 1. The number of ether oxygens (including phenoxy) is 2. The lowest BCUT2D eigenvalue weighted by Gasteiger charge is -2.29. The summed E-state index contributed by atoms with van der Waals surface area (Å²) in [6, 6.07) is 16.9. The maximum atomic E-state index is 13.1. The number of alkyl carbamates (subject to hydrolysis) is 1. The van der Waals surface area contributed by atoms with Crippen LogP contribution in [0.1, 0.15) is 64.3 Å². The van der Waals surface area contributed by atoms with Crippen molar-refractivity contribution in [3.8, 4) is 11.8 Å². The number of nitrogens with one attached hydrogen (secondary N) is 1. The van der Waals surface area contributed by atoms with Gasteiger partial charge < -0.3 is 9.47 Å². The highest BCUT2D eigenvalue weighted by atomic mass is 16.6. The van der Waals surface area contributed by atoms with Crippen molar-refractivity contribution in [3.63, 3.8) is 0 Å². The van der Waals surface area contributed by atoms with Gasteiger partial charge in [-0.1, -0.05) is 42.2 Å². The van der Waals surface area contributed by atoms with Crippen LogP contribution in [0.15, 0.2) is 59.6 Å². The van der Waals surface area contributed by atoms with Gasteiger partial charge in [-0.2, -0.15) is 0 Å². The summed E-state index contributed by atoms with van der Waals surface area (Å²) in [7, 11) is 0. The molecule has 3 rings (SSSR count). The fraction of sp³-hybridized carbons (Fsp3) is 0.370. The summed E-state index contributed by atoms with van der Waals surface area (Å²) in [5.41, 5.74) is 1.14. The van der Waals surface area contributed by atoms with Crippen molar-refractivity contribution in [2.24, 2.45) is 4.99 Å². The molecular formula is C27H31N3O4. The third kappa shape index (κ3) is 7.11. The number of guanidine groups is 1. The zero-order chi connectivity index (χ0) is 24.9. The molecule has 1 aliphatic heterocycles. The van der Waals surface area contributed by atoms with E-state index in [4.69, 9.17) is 9.47 Å². The number of rotatable bonds is 1. The molecule has 7 heteroatoms. The molecule has 1 heterocycles. The highest BCUT2D eigenvalue weighted by Gasteiger charge is 2.38. The molecule has 0 aliphatic carbocycles. The van der Waals surface area contributed by atoms with Crippen molar-refractivity contribution in [3.05, 3.63) is 71.3 Å². The first kappa shape index (κ1) is 24.8. The second-order valence-electron chi connectivity index (χ2n) is 9.90. The minimum Gasteiger partial charge on any atom is -0.444 e. The van der Waals surface area contributed by atoms with Crippen molar-refractivity contribution in [1.29, 1.82) is 0 Å². The van der Waals surface area contributed by atoms with Crippen LogP contribution in [0.4, 0.5) is 9.59 Å². The lowest BCUT2D eigenvalue weighted by Crippen LogP contribution is -2.48. The molecule has 2 amide bonds. The number of hydrogen-bond acceptors (Lipinski definition) is 5. The summed E-state index contributed by atoms with van der Waals surface area (Å²) in [5.74, 6) is 6.40. The highest BCUT2D eigenvalue weighted by Crippen LogP contribution is 2.29. The molecule has 0 spiro atoms. The van der Waals surface area contributed by atoms with Crippen molar-refractivity contribution < 1.29 is 19.1 Å². The van der Waals surface area contributed by atoms with Gasteiger partial charge in [-0.3, -0.25) is 5.32 Å². The van der Waals surface area contributed by atoms with Crippen LogP contribution in [0.5, 0.6) is 0 Å². The Kier molecular flexibility index (Phi) is 7.31. The fourth-order valence-corrected chi connectivity index (χ4v) is 3.24. The smallest absolute Gasteiger partial charge is 0.417 e. The lowest BCUT2D eigenvalue weighted by atomic mass is 10.0. The molecule has 0 saturated carbocycles. The average molecular weight is 462 g/mol. The molecule has 34 heavy (non-hydrogen) atoms. The molecule has 0 radical (unpaired) electrons. The average Bonchev–Trinajstić information content (AvgIpc) is 3.14. The number of nitrogens with zero attached hydrogens (tertiary/aromatic N) is 2. The first-order chi connectivity index (χ1) is 15.9. The Balaban J connectivity index is 1.87. The Morgan fingerprint density at radius 2 is 1.53 bits per heavy atom. The van der Waals surface area contributed by atoms with E-state index in [1.165, 1.54) is 4.90 Å². The molecule has 1 N–H and O–H groups in total. The third-order valence-corrected chi connectivity index (χ3v) is 4.55. The van der Waals surface area contributed by atoms with E-state index in [2.05, 4.69) is 22.2 Å². The highest BCUT2D eigenvalue weighted by molar-refractivity contribution is 6.02. The van der Waals surface area contributed by atoms with Crippen molar-refractivity contribution in [2.75, 3.05) is 6.54 Å². The van der Waals surface area contributed by atoms with E-state index in [1.54, 1.807) is 41.5 Å². The second kappa shape index (κ2) is 10.0. The summed E-state index contributed by atoms with van der Waals surface area (Å²) in [6.07, 6.45) is -1.30. The maximum Gasteiger partial charge on any atom is 0.417 e. The van der Waals surface area contributed by atoms with Crippen LogP contribution in [0.2, 0.25) is 0 Å². The molecule has 1 aliphatic rings. The van der Waals surface area contributed by atoms with E-state index < -0.39 is 29.4 Å². The Labute approximate surface area is 201 Å². The predicted molar refractivity (Wildman–Crippen MR) is 131 cm³/mol. The summed E-state index contributed by atoms with van der Waals surface area (Å²) in [4.78, 5) is 31.3. The van der Waals surface area contributed by atoms with Crippen LogP contribution in [0.3, 0.4) is 0 Å². The van der Waals surface area contributed by atoms with Gasteiger partial charge >= 0.3 is 12.2 Å². The molecular weight excluding hydrogens is 430 g/mol. The molecule has 2 aromatic rings. The normalized spacial score (nSPS) is 15.6. The van der Waals surface area contributed by atoms with Gasteiger partial charge in [0.25, 0.3) is 0 Å². The van der Waals surface area contributed by atoms with E-state index in [0.29, 0.717) is 0 Å². The fourth-order valence-electron chi connectivity index (χ4n) is 3.24. The van der Waals surface area contributed by atoms with Gasteiger partial charge in [0.1, 0.15) is 11.2 Å². The van der Waals surface area contributed by atoms with E-state index in [1.807, 2.05) is 54.6 Å². The zero-order valence-electron chi connectivity index (χ0n) is 20.5. The Morgan fingerprint density at radius 1 is 0.912 bits per heavy atom. The topological polar surface area (TPSA) is 80.2 Å². The van der Waals surface area contributed by atoms with E-state index in [9.17, 15) is 9.59 Å². The van der Waals surface area contributed by atoms with Gasteiger partial charge in [0.2, 0.25) is 5.96 Å². The Morgan fingerprint density at radius 3 is 2.18 bits per heavy atom. The minimum atomic E-state index is -0.718. The van der Waals surface area contributed by atoms with Crippen molar-refractivity contribution >= 4 is 18.1 Å². The van der Waals surface area contributed by atoms with E-state index in [-0.39, 0.29) is 12.5 Å². The predicted octanol–water partition coefficient (Wildman–Crippen LogP) is 5.26. The first-order valence-corrected chi connectivity index (χ1v) is 11.1. The third-order valence-electron chi connectivity index (χ3n) is 4.55. The zero-order valence-corrected chi connectivity index (χ0v) is 20.5. The molecule has 2 aromatic carbocycles. The molecule has 7 nitrogen and oxygen atoms in total. The van der Waals surface area contributed by atoms with Gasteiger partial charge in [0.15, 0.2) is 0 Å². The van der Waals surface area contributed by atoms with E-state index in [0.717, 1.165) is 16.7 Å². The van der Waals surface area contributed by atoms with Crippen LogP contribution in [-0.2, 0) is 9.47 Å². The summed E-state index contributed by atoms with van der Waals surface area (Å²) < 4.78 is 10.9. The Hall–Kier alpha value is -3.79. The standard InChI is InChI=1S/C27H31N3O4/c1-26(2,3)33-24(31)29-23-28-18-22(30(23)25(32)34-27(4,5)6)21-14-10-13-20(17-21)16-15-19-11-8-7-9-12-19/h7-14,17,22H,18H2,1-6H3,(H,28,29,31). The molecule has 178 valence electrons. The number of aliphatic imine (C=N–C) groups is 1. The first-order valence-electron chi connectivity index (χ1n) is 11.1. The summed E-state index contributed by atoms with van der Waals surface area (Å²) in [6.45, 7) is 10.9. The van der Waals surface area contributed by atoms with Gasteiger partial charge in [-0.05, 0) is 71.4 Å². The molecule has 1 unspecified atom stereocenters. The minimum absolute atomic E-state index is 0.0919. The van der Waals surface area contributed by atoms with Gasteiger partial charge in [0, 0.05) is 11.1 Å². The van der Waals surface area contributed by atoms with Crippen molar-refractivity contribution in [1.82, 2.24) is 10.2 Å². The van der Waals surface area contributed by atoms with Crippen LogP contribution in [0.25, 0.3) is 0 Å². The lowest BCUT2D eigenvalue weighted by molar-refractivity contribution is 0.0321. The van der Waals surface area contributed by atoms with Crippen LogP contribution >= 0.6 is 0 Å². The van der Waals surface area contributed by atoms with Gasteiger partial charge in [0.05, 0.1) is 12.6 Å². The summed E-state index contributed by atoms with van der Waals surface area (Å²) in [5, 5.41) is 2.60. The molecule has 0 aromatic heterocycles. The van der Waals surface area contributed by atoms with Crippen LogP contribution in [-0.4, -0.2) is 40.8 Å². The molecule has 0 bridgehead atoms. The Bertz CT molecular complexity index is 1130. The number of amides is 2. The quantitative estimate of drug-likeness (QED) is 0.588. The van der Waals surface area contributed by atoms with Gasteiger partial charge in [-0.15, -0.1) is 0 Å². The summed E-state index contributed by atoms with van der Waals surface area (Å²) >= 11 is 0. The van der Waals surface area contributed by atoms with Crippen LogP contribution < -0.4 is 5.32 Å². The second-order valence-corrected chi connectivity index (χ2v) is 9.90. The SMILES string of the molecule is CC(C)(C)OC(=O)NC1=NCC(c2cccc(C#Cc3ccccc3)c2)N1C(=O)OC(C)(C)C. The van der Waals surface area contributed by atoms with Crippen LogP contribution in [0, 0.1) is 11.8 Å². The molecule has 0 saturated heterocycles. The monoisotopic (exact) mass is 461 g/mol. The van der Waals surface area contributed by atoms with Gasteiger partial charge in [-0.25, -0.2) is 19.5 Å². The van der Waals surface area contributed by atoms with Crippen molar-refractivity contribution in [2.45, 2.75) is 58.8 Å².